The Bertz CT molecular complexity index is 601. The van der Waals surface area contributed by atoms with E-state index in [1.165, 1.54) is 0 Å². The molecular weight excluding hydrogens is 273 g/mol. The lowest BCUT2D eigenvalue weighted by molar-refractivity contribution is -0.135. The van der Waals surface area contributed by atoms with Gasteiger partial charge in [0.1, 0.15) is 4.99 Å². The fraction of sp³-hybridized carbons (Fsp3) is 0.308. The summed E-state index contributed by atoms with van der Waals surface area (Å²) in [5, 5.41) is 0.965. The molecule has 0 saturated heterocycles. The van der Waals surface area contributed by atoms with Gasteiger partial charge in [-0.25, -0.2) is 0 Å². The summed E-state index contributed by atoms with van der Waals surface area (Å²) in [4.78, 5) is 0.282. The number of thiocarbonyl (C=S) groups is 1. The van der Waals surface area contributed by atoms with Crippen molar-refractivity contribution in [2.75, 3.05) is 0 Å². The third-order valence-corrected chi connectivity index (χ3v) is 3.15. The van der Waals surface area contributed by atoms with Crippen LogP contribution in [-0.2, 0) is 6.54 Å². The van der Waals surface area contributed by atoms with Crippen LogP contribution in [0.4, 0.5) is 13.2 Å². The molecule has 2 rings (SSSR count). The van der Waals surface area contributed by atoms with Gasteiger partial charge in [0, 0.05) is 30.2 Å². The Balaban J connectivity index is 2.19. The first kappa shape index (κ1) is 13.9. The molecule has 0 aliphatic rings. The van der Waals surface area contributed by atoms with E-state index in [2.05, 4.69) is 0 Å². The van der Waals surface area contributed by atoms with Crippen molar-refractivity contribution in [3.05, 3.63) is 36.0 Å². The molecule has 0 unspecified atom stereocenters. The van der Waals surface area contributed by atoms with E-state index in [0.29, 0.717) is 6.54 Å². The van der Waals surface area contributed by atoms with Crippen molar-refractivity contribution in [3.8, 4) is 0 Å². The number of nitrogens with two attached hydrogens (primary N) is 1. The van der Waals surface area contributed by atoms with E-state index >= 15 is 0 Å². The fourth-order valence-electron chi connectivity index (χ4n) is 1.98. The summed E-state index contributed by atoms with van der Waals surface area (Å²) in [6, 6.07) is 7.35. The van der Waals surface area contributed by atoms with E-state index in [-0.39, 0.29) is 11.4 Å². The second-order valence-corrected chi connectivity index (χ2v) is 4.81. The largest absolute Gasteiger partial charge is 0.389 e. The quantitative estimate of drug-likeness (QED) is 0.870. The molecule has 0 saturated carbocycles. The van der Waals surface area contributed by atoms with Crippen LogP contribution < -0.4 is 5.73 Å². The third-order valence-electron chi connectivity index (χ3n) is 2.92. The number of aromatic nitrogens is 1. The van der Waals surface area contributed by atoms with E-state index < -0.39 is 12.6 Å². The average Bonchev–Trinajstić information content (AvgIpc) is 2.70. The van der Waals surface area contributed by atoms with Crippen molar-refractivity contribution in [3.63, 3.8) is 0 Å². The first-order valence-electron chi connectivity index (χ1n) is 5.82. The van der Waals surface area contributed by atoms with Gasteiger partial charge in [0.25, 0.3) is 0 Å². The molecule has 0 aliphatic heterocycles. The molecule has 19 heavy (non-hydrogen) atoms. The predicted octanol–water partition coefficient (Wildman–Crippen LogP) is 3.62. The van der Waals surface area contributed by atoms with Crippen molar-refractivity contribution >= 4 is 28.1 Å². The summed E-state index contributed by atoms with van der Waals surface area (Å²) < 4.78 is 38.2. The zero-order chi connectivity index (χ0) is 14.0. The van der Waals surface area contributed by atoms with E-state index in [4.69, 9.17) is 18.0 Å². The molecule has 1 heterocycles. The molecule has 0 atom stereocenters. The molecule has 1 aromatic heterocycles. The highest BCUT2D eigenvalue weighted by atomic mass is 32.1. The Hall–Kier alpha value is -1.56. The highest BCUT2D eigenvalue weighted by Crippen LogP contribution is 2.23. The monoisotopic (exact) mass is 286 g/mol. The van der Waals surface area contributed by atoms with E-state index in [9.17, 15) is 13.2 Å². The lowest BCUT2D eigenvalue weighted by Crippen LogP contribution is -2.10. The molecule has 102 valence electrons. The number of hydrogen-bond acceptors (Lipinski definition) is 1. The van der Waals surface area contributed by atoms with Gasteiger partial charge in [0.2, 0.25) is 0 Å². The summed E-state index contributed by atoms with van der Waals surface area (Å²) in [5.41, 5.74) is 7.13. The van der Waals surface area contributed by atoms with Crippen LogP contribution >= 0.6 is 12.2 Å². The Morgan fingerprint density at radius 3 is 2.63 bits per heavy atom. The standard InChI is InChI=1S/C13H13F3N2S/c14-13(15,16)5-1-6-18-7-4-9-2-3-10(12(17)19)8-11(9)18/h2-4,7-8H,1,5-6H2,(H2,17,19). The topological polar surface area (TPSA) is 30.9 Å². The van der Waals surface area contributed by atoms with Gasteiger partial charge in [-0.2, -0.15) is 13.2 Å². The number of fused-ring (bicyclic) bond motifs is 1. The first-order chi connectivity index (χ1) is 8.87. The number of halogens is 3. The molecule has 2 N–H and O–H groups in total. The maximum Gasteiger partial charge on any atom is 0.389 e. The lowest BCUT2D eigenvalue weighted by Gasteiger charge is -2.08. The fourth-order valence-corrected chi connectivity index (χ4v) is 2.11. The van der Waals surface area contributed by atoms with Crippen LogP contribution in [0.5, 0.6) is 0 Å². The maximum absolute atomic E-state index is 12.1. The van der Waals surface area contributed by atoms with E-state index in [1.807, 2.05) is 24.3 Å². The minimum absolute atomic E-state index is 0.0601. The molecule has 0 radical (unpaired) electrons. The van der Waals surface area contributed by atoms with Gasteiger partial charge in [-0.3, -0.25) is 0 Å². The molecule has 0 amide bonds. The normalized spacial score (nSPS) is 11.9. The molecule has 6 heteroatoms. The maximum atomic E-state index is 12.1. The summed E-state index contributed by atoms with van der Waals surface area (Å²) in [6.07, 6.45) is -3.04. The van der Waals surface area contributed by atoms with Gasteiger partial charge in [-0.15, -0.1) is 0 Å². The summed E-state index contributed by atoms with van der Waals surface area (Å²) in [5.74, 6) is 0. The van der Waals surface area contributed by atoms with Crippen LogP contribution in [-0.4, -0.2) is 15.7 Å². The van der Waals surface area contributed by atoms with Crippen molar-refractivity contribution in [1.29, 1.82) is 0 Å². The van der Waals surface area contributed by atoms with Crippen LogP contribution in [0.1, 0.15) is 18.4 Å². The Morgan fingerprint density at radius 2 is 2.00 bits per heavy atom. The number of hydrogen-bond donors (Lipinski definition) is 1. The van der Waals surface area contributed by atoms with E-state index in [0.717, 1.165) is 16.5 Å². The molecule has 2 aromatic rings. The number of benzene rings is 1. The minimum atomic E-state index is -4.10. The van der Waals surface area contributed by atoms with Crippen LogP contribution in [0.3, 0.4) is 0 Å². The molecule has 1 aromatic carbocycles. The molecule has 0 bridgehead atoms. The van der Waals surface area contributed by atoms with Gasteiger partial charge < -0.3 is 10.3 Å². The summed E-state index contributed by atoms with van der Waals surface area (Å²) in [6.45, 7) is 0.323. The molecule has 0 fully saturated rings. The molecular formula is C13H13F3N2S. The summed E-state index contributed by atoms with van der Waals surface area (Å²) >= 11 is 4.90. The zero-order valence-electron chi connectivity index (χ0n) is 10.1. The SMILES string of the molecule is NC(=S)c1ccc2ccn(CCCC(F)(F)F)c2c1. The van der Waals surface area contributed by atoms with Crippen molar-refractivity contribution in [2.24, 2.45) is 5.73 Å². The molecule has 2 nitrogen and oxygen atoms in total. The molecule has 0 spiro atoms. The van der Waals surface area contributed by atoms with Crippen molar-refractivity contribution in [1.82, 2.24) is 4.57 Å². The Labute approximate surface area is 114 Å². The number of aryl methyl sites for hydroxylation is 1. The molecule has 0 aliphatic carbocycles. The van der Waals surface area contributed by atoms with Gasteiger partial charge in [-0.05, 0) is 23.9 Å². The van der Waals surface area contributed by atoms with Gasteiger partial charge in [-0.1, -0.05) is 24.4 Å². The second-order valence-electron chi connectivity index (χ2n) is 4.37. The Kier molecular flexibility index (Phi) is 3.80. The predicted molar refractivity (Wildman–Crippen MR) is 73.1 cm³/mol. The summed E-state index contributed by atoms with van der Waals surface area (Å²) in [7, 11) is 0. The van der Waals surface area contributed by atoms with Crippen LogP contribution in [0.25, 0.3) is 10.9 Å². The van der Waals surface area contributed by atoms with Crippen LogP contribution in [0.15, 0.2) is 30.5 Å². The zero-order valence-corrected chi connectivity index (χ0v) is 10.9. The van der Waals surface area contributed by atoms with Crippen molar-refractivity contribution < 1.29 is 13.2 Å². The van der Waals surface area contributed by atoms with E-state index in [1.54, 1.807) is 10.8 Å². The van der Waals surface area contributed by atoms with Crippen LogP contribution in [0, 0.1) is 0 Å². The number of rotatable bonds is 4. The smallest absolute Gasteiger partial charge is 0.389 e. The average molecular weight is 286 g/mol. The van der Waals surface area contributed by atoms with Gasteiger partial charge in [0.15, 0.2) is 0 Å². The first-order valence-corrected chi connectivity index (χ1v) is 6.23. The number of nitrogens with zero attached hydrogens (tertiary/aromatic N) is 1. The highest BCUT2D eigenvalue weighted by Gasteiger charge is 2.26. The lowest BCUT2D eigenvalue weighted by atomic mass is 10.1. The third kappa shape index (κ3) is 3.47. The van der Waals surface area contributed by atoms with Crippen LogP contribution in [0.2, 0.25) is 0 Å². The van der Waals surface area contributed by atoms with Crippen molar-refractivity contribution in [2.45, 2.75) is 25.6 Å². The van der Waals surface area contributed by atoms with Gasteiger partial charge in [0.05, 0.1) is 0 Å². The highest BCUT2D eigenvalue weighted by molar-refractivity contribution is 7.80. The number of alkyl halides is 3. The minimum Gasteiger partial charge on any atom is -0.389 e. The Morgan fingerprint density at radius 1 is 1.26 bits per heavy atom. The van der Waals surface area contributed by atoms with Gasteiger partial charge >= 0.3 is 6.18 Å². The second kappa shape index (κ2) is 5.21.